The summed E-state index contributed by atoms with van der Waals surface area (Å²) in [5.74, 6) is -3.66. The first-order chi connectivity index (χ1) is 22.2. The fraction of sp³-hybridized carbons (Fsp3) is 0.588. The molecule has 3 amide bonds. The maximum absolute atomic E-state index is 14.3. The van der Waals surface area contributed by atoms with Crippen molar-refractivity contribution in [1.82, 2.24) is 15.1 Å². The molecule has 3 saturated heterocycles. The summed E-state index contributed by atoms with van der Waals surface area (Å²) in [5, 5.41) is 12.9. The minimum atomic E-state index is -1.29. The van der Waals surface area contributed by atoms with Gasteiger partial charge in [-0.25, -0.2) is 0 Å². The molecule has 0 aliphatic carbocycles. The van der Waals surface area contributed by atoms with E-state index in [1.54, 1.807) is 41.3 Å². The number of carbonyl (C=O) groups is 4. The van der Waals surface area contributed by atoms with Gasteiger partial charge >= 0.3 is 5.97 Å². The van der Waals surface area contributed by atoms with Crippen LogP contribution in [0.2, 0.25) is 0 Å². The smallest absolute Gasteiger partial charge is 0.313 e. The number of rotatable bonds is 18. The first-order valence-corrected chi connectivity index (χ1v) is 16.9. The zero-order valence-electron chi connectivity index (χ0n) is 26.6. The first-order valence-electron chi connectivity index (χ1n) is 16.0. The summed E-state index contributed by atoms with van der Waals surface area (Å²) in [6.07, 6.45) is 4.29. The Balaban J connectivity index is 1.69. The van der Waals surface area contributed by atoms with Gasteiger partial charge in [0.25, 0.3) is 0 Å². The van der Waals surface area contributed by atoms with Crippen LogP contribution in [-0.2, 0) is 33.4 Å². The Kier molecular flexibility index (Phi) is 12.6. The SMILES string of the molecule is C=CCCC(=O)N[C@H](COC)[C@H](OC(=O)[C@H]1[C@@H]2O[C@@]3(CC2Br)[C@@H]1C(=O)N(CCO)[C@@H]3C(=O)N(CC=C)CCCC)c1ccccc1. The van der Waals surface area contributed by atoms with Crippen LogP contribution in [0.15, 0.2) is 55.6 Å². The van der Waals surface area contributed by atoms with E-state index in [0.29, 0.717) is 31.5 Å². The lowest BCUT2D eigenvalue weighted by molar-refractivity contribution is -0.163. The van der Waals surface area contributed by atoms with E-state index in [0.717, 1.165) is 12.8 Å². The monoisotopic (exact) mass is 703 g/mol. The van der Waals surface area contributed by atoms with E-state index in [2.05, 4.69) is 34.4 Å². The quantitative estimate of drug-likeness (QED) is 0.136. The lowest BCUT2D eigenvalue weighted by Gasteiger charge is -2.37. The lowest BCUT2D eigenvalue weighted by atomic mass is 9.70. The highest BCUT2D eigenvalue weighted by atomic mass is 79.9. The summed E-state index contributed by atoms with van der Waals surface area (Å²) in [4.78, 5) is 58.2. The molecule has 2 N–H and O–H groups in total. The van der Waals surface area contributed by atoms with Gasteiger partial charge < -0.3 is 34.4 Å². The van der Waals surface area contributed by atoms with Crippen molar-refractivity contribution >= 4 is 39.6 Å². The van der Waals surface area contributed by atoms with Gasteiger partial charge in [-0.2, -0.15) is 0 Å². The van der Waals surface area contributed by atoms with Crippen LogP contribution in [0.1, 0.15) is 50.7 Å². The zero-order chi connectivity index (χ0) is 33.4. The molecule has 8 atom stereocenters. The molecule has 1 aromatic carbocycles. The van der Waals surface area contributed by atoms with E-state index in [9.17, 15) is 24.3 Å². The third kappa shape index (κ3) is 7.10. The highest BCUT2D eigenvalue weighted by Gasteiger charge is 2.77. The number of halogens is 1. The standard InChI is InChI=1S/C34H46BrN3O8/c1-5-8-15-25(40)36-24(21-44-4)28(22-13-11-10-12-14-22)45-33(43)26-27-31(41)38(18-19-39)30(34(27)20-23(35)29(26)46-34)32(42)37(16-7-3)17-9-6-2/h5,7,10-14,23-24,26-30,39H,1,3,6,8-9,15-21H2,2,4H3,(H,36,40)/t23?,24-,26-,27+,28-,29-,30-,34+/m1/s1. The highest BCUT2D eigenvalue weighted by molar-refractivity contribution is 9.09. The largest absolute Gasteiger partial charge is 0.455 e. The Morgan fingerprint density at radius 2 is 2.00 bits per heavy atom. The van der Waals surface area contributed by atoms with E-state index < -0.39 is 53.6 Å². The summed E-state index contributed by atoms with van der Waals surface area (Å²) in [6, 6.07) is 7.29. The molecule has 46 heavy (non-hydrogen) atoms. The average Bonchev–Trinajstić information content (AvgIpc) is 3.64. The van der Waals surface area contributed by atoms with Crippen molar-refractivity contribution in [1.29, 1.82) is 0 Å². The molecule has 1 spiro atoms. The maximum Gasteiger partial charge on any atom is 0.313 e. The summed E-state index contributed by atoms with van der Waals surface area (Å²) < 4.78 is 18.3. The molecule has 3 fully saturated rings. The number of nitrogens with one attached hydrogen (secondary N) is 1. The van der Waals surface area contributed by atoms with Crippen LogP contribution in [0, 0.1) is 11.8 Å². The summed E-state index contributed by atoms with van der Waals surface area (Å²) in [5.41, 5.74) is -0.648. The minimum absolute atomic E-state index is 0.0579. The van der Waals surface area contributed by atoms with E-state index >= 15 is 0 Å². The number of hydrogen-bond donors (Lipinski definition) is 2. The number of alkyl halides is 1. The number of likely N-dealkylation sites (tertiary alicyclic amines) is 1. The van der Waals surface area contributed by atoms with Crippen molar-refractivity contribution in [2.45, 2.75) is 73.7 Å². The summed E-state index contributed by atoms with van der Waals surface area (Å²) >= 11 is 3.68. The minimum Gasteiger partial charge on any atom is -0.455 e. The molecule has 11 nitrogen and oxygen atoms in total. The van der Waals surface area contributed by atoms with Crippen LogP contribution in [0.4, 0.5) is 0 Å². The Bertz CT molecular complexity index is 1260. The molecular formula is C34H46BrN3O8. The van der Waals surface area contributed by atoms with Crippen LogP contribution in [0.3, 0.4) is 0 Å². The van der Waals surface area contributed by atoms with Crippen LogP contribution < -0.4 is 5.32 Å². The first kappa shape index (κ1) is 35.8. The van der Waals surface area contributed by atoms with Crippen molar-refractivity contribution < 1.29 is 38.5 Å². The van der Waals surface area contributed by atoms with Crippen molar-refractivity contribution in [2.24, 2.45) is 11.8 Å². The van der Waals surface area contributed by atoms with E-state index in [1.807, 2.05) is 13.0 Å². The van der Waals surface area contributed by atoms with Gasteiger partial charge in [0.15, 0.2) is 0 Å². The third-order valence-corrected chi connectivity index (χ3v) is 9.93. The number of β-amino-alcohol motifs (C(OH)–C–C–N with tert-alkyl or cyclic N) is 1. The van der Waals surface area contributed by atoms with Crippen LogP contribution >= 0.6 is 15.9 Å². The highest BCUT2D eigenvalue weighted by Crippen LogP contribution is 2.60. The number of amides is 3. The van der Waals surface area contributed by atoms with Gasteiger partial charge in [-0.15, -0.1) is 13.2 Å². The predicted octanol–water partition coefficient (Wildman–Crippen LogP) is 2.92. The van der Waals surface area contributed by atoms with Crippen LogP contribution in [0.5, 0.6) is 0 Å². The number of hydrogen-bond acceptors (Lipinski definition) is 8. The number of aliphatic hydroxyl groups is 1. The van der Waals surface area contributed by atoms with Gasteiger partial charge in [0.05, 0.1) is 37.2 Å². The predicted molar refractivity (Wildman–Crippen MR) is 175 cm³/mol. The number of ether oxygens (including phenoxy) is 3. The summed E-state index contributed by atoms with van der Waals surface area (Å²) in [6.45, 7) is 9.90. The fourth-order valence-electron chi connectivity index (χ4n) is 7.12. The van der Waals surface area contributed by atoms with Crippen molar-refractivity contribution in [3.63, 3.8) is 0 Å². The third-order valence-electron chi connectivity index (χ3n) is 9.08. The maximum atomic E-state index is 14.3. The zero-order valence-corrected chi connectivity index (χ0v) is 28.2. The summed E-state index contributed by atoms with van der Waals surface area (Å²) in [7, 11) is 1.50. The second-order valence-electron chi connectivity index (χ2n) is 12.1. The van der Waals surface area contributed by atoms with Crippen LogP contribution in [0.25, 0.3) is 0 Å². The molecule has 4 rings (SSSR count). The average molecular weight is 705 g/mol. The Hall–Kier alpha value is -3.06. The number of allylic oxidation sites excluding steroid dienone is 1. The normalized spacial score (nSPS) is 27.5. The van der Waals surface area contributed by atoms with Gasteiger partial charge in [0.1, 0.15) is 17.7 Å². The van der Waals surface area contributed by atoms with Gasteiger partial charge in [-0.3, -0.25) is 19.2 Å². The number of carbonyl (C=O) groups excluding carboxylic acids is 4. The molecule has 0 aromatic heterocycles. The van der Waals surface area contributed by atoms with E-state index in [-0.39, 0.29) is 42.8 Å². The van der Waals surface area contributed by atoms with Gasteiger partial charge in [0, 0.05) is 38.0 Å². The molecular weight excluding hydrogens is 658 g/mol. The number of esters is 1. The Morgan fingerprint density at radius 3 is 2.63 bits per heavy atom. The number of methoxy groups -OCH3 is 1. The molecule has 12 heteroatoms. The second-order valence-corrected chi connectivity index (χ2v) is 13.2. The molecule has 0 radical (unpaired) electrons. The van der Waals surface area contributed by atoms with Crippen molar-refractivity contribution in [3.05, 3.63) is 61.2 Å². The number of unbranched alkanes of at least 4 members (excludes halogenated alkanes) is 1. The number of fused-ring (bicyclic) bond motifs is 1. The molecule has 0 saturated carbocycles. The van der Waals surface area contributed by atoms with Crippen LogP contribution in [-0.4, -0.2) is 107 Å². The van der Waals surface area contributed by atoms with E-state index in [1.165, 1.54) is 12.0 Å². The topological polar surface area (TPSA) is 135 Å². The number of aliphatic hydroxyl groups excluding tert-OH is 1. The molecule has 252 valence electrons. The Labute approximate surface area is 279 Å². The van der Waals surface area contributed by atoms with E-state index in [4.69, 9.17) is 14.2 Å². The molecule has 1 aromatic rings. The molecule has 3 aliphatic heterocycles. The molecule has 3 heterocycles. The second kappa shape index (κ2) is 16.2. The van der Waals surface area contributed by atoms with Gasteiger partial charge in [-0.05, 0) is 24.8 Å². The number of nitrogens with zero attached hydrogens (tertiary/aromatic N) is 2. The molecule has 2 bridgehead atoms. The fourth-order valence-corrected chi connectivity index (χ4v) is 8.06. The van der Waals surface area contributed by atoms with Gasteiger partial charge in [0.2, 0.25) is 17.7 Å². The lowest BCUT2D eigenvalue weighted by Crippen LogP contribution is -2.57. The molecule has 3 aliphatic rings. The Morgan fingerprint density at radius 1 is 1.26 bits per heavy atom. The number of benzene rings is 1. The van der Waals surface area contributed by atoms with Gasteiger partial charge in [-0.1, -0.05) is 71.8 Å². The van der Waals surface area contributed by atoms with Crippen molar-refractivity contribution in [3.8, 4) is 0 Å². The van der Waals surface area contributed by atoms with Crippen molar-refractivity contribution in [2.75, 3.05) is 40.0 Å². The molecule has 1 unspecified atom stereocenters.